The van der Waals surface area contributed by atoms with E-state index in [9.17, 15) is 0 Å². The number of rotatable bonds is 2. The highest BCUT2D eigenvalue weighted by Gasteiger charge is 2.18. The molecule has 0 aromatic carbocycles. The molecule has 1 atom stereocenters. The number of hydrogen-bond donors (Lipinski definition) is 1. The van der Waals surface area contributed by atoms with Gasteiger partial charge in [0, 0.05) is 19.1 Å². The van der Waals surface area contributed by atoms with Crippen molar-refractivity contribution in [3.05, 3.63) is 30.1 Å². The summed E-state index contributed by atoms with van der Waals surface area (Å²) >= 11 is 0. The third-order valence-electron chi connectivity index (χ3n) is 2.75. The summed E-state index contributed by atoms with van der Waals surface area (Å²) in [6.07, 6.45) is 4.81. The van der Waals surface area contributed by atoms with Gasteiger partial charge in [-0.05, 0) is 19.4 Å². The second kappa shape index (κ2) is 3.88. The van der Waals surface area contributed by atoms with Crippen LogP contribution < -0.4 is 9.88 Å². The average molecular weight is 177 g/mol. The van der Waals surface area contributed by atoms with Gasteiger partial charge in [-0.2, -0.15) is 0 Å². The van der Waals surface area contributed by atoms with Crippen molar-refractivity contribution in [3.8, 4) is 0 Å². The predicted molar refractivity (Wildman–Crippen MR) is 52.4 cm³/mol. The van der Waals surface area contributed by atoms with Gasteiger partial charge in [0.05, 0.1) is 6.04 Å². The molecule has 1 fully saturated rings. The highest BCUT2D eigenvalue weighted by molar-refractivity contribution is 4.94. The van der Waals surface area contributed by atoms with Gasteiger partial charge in [0.2, 0.25) is 0 Å². The van der Waals surface area contributed by atoms with Gasteiger partial charge in [0.25, 0.3) is 0 Å². The molecule has 2 heterocycles. The first-order valence-electron chi connectivity index (χ1n) is 5.05. The largest absolute Gasteiger partial charge is 0.308 e. The smallest absolute Gasteiger partial charge is 0.178 e. The van der Waals surface area contributed by atoms with Crippen molar-refractivity contribution in [2.75, 3.05) is 6.54 Å². The minimum Gasteiger partial charge on any atom is -0.308 e. The van der Waals surface area contributed by atoms with E-state index < -0.39 is 0 Å². The number of nitrogens with one attached hydrogen (secondary N) is 1. The second-order valence-corrected chi connectivity index (χ2v) is 3.79. The van der Waals surface area contributed by atoms with Gasteiger partial charge in [-0.15, -0.1) is 0 Å². The molecule has 0 radical (unpaired) electrons. The van der Waals surface area contributed by atoms with Gasteiger partial charge in [-0.25, -0.2) is 4.57 Å². The van der Waals surface area contributed by atoms with E-state index in [1.807, 2.05) is 0 Å². The summed E-state index contributed by atoms with van der Waals surface area (Å²) in [6, 6.07) is 7.04. The zero-order chi connectivity index (χ0) is 9.10. The van der Waals surface area contributed by atoms with Crippen molar-refractivity contribution in [1.82, 2.24) is 5.32 Å². The molecule has 1 aliphatic rings. The highest BCUT2D eigenvalue weighted by atomic mass is 15.0. The fourth-order valence-electron chi connectivity index (χ4n) is 1.92. The van der Waals surface area contributed by atoms with E-state index in [0.717, 1.165) is 6.54 Å². The molecule has 2 rings (SSSR count). The molecule has 70 valence electrons. The Kier molecular flexibility index (Phi) is 2.60. The first kappa shape index (κ1) is 8.70. The van der Waals surface area contributed by atoms with Crippen molar-refractivity contribution in [1.29, 1.82) is 0 Å². The fraction of sp³-hybridized carbons (Fsp3) is 0.545. The van der Waals surface area contributed by atoms with Crippen molar-refractivity contribution in [2.45, 2.75) is 32.4 Å². The third kappa shape index (κ3) is 2.07. The first-order valence-corrected chi connectivity index (χ1v) is 5.05. The van der Waals surface area contributed by atoms with Crippen LogP contribution in [0.15, 0.2) is 24.4 Å². The summed E-state index contributed by atoms with van der Waals surface area (Å²) in [4.78, 5) is 0. The van der Waals surface area contributed by atoms with E-state index in [4.69, 9.17) is 0 Å². The van der Waals surface area contributed by atoms with Crippen LogP contribution in [-0.2, 0) is 6.54 Å². The molecule has 1 aliphatic heterocycles. The maximum atomic E-state index is 3.51. The zero-order valence-corrected chi connectivity index (χ0v) is 8.16. The van der Waals surface area contributed by atoms with Gasteiger partial charge in [0.15, 0.2) is 18.4 Å². The molecule has 0 amide bonds. The Balaban J connectivity index is 2.04. The summed E-state index contributed by atoms with van der Waals surface area (Å²) in [7, 11) is 0. The summed E-state index contributed by atoms with van der Waals surface area (Å²) in [5.41, 5.74) is 1.34. The summed E-state index contributed by atoms with van der Waals surface area (Å²) in [5, 5.41) is 3.51. The molecule has 0 saturated carbocycles. The topological polar surface area (TPSA) is 15.9 Å². The third-order valence-corrected chi connectivity index (χ3v) is 2.75. The molecule has 2 heteroatoms. The molecular formula is C11H17N2+. The van der Waals surface area contributed by atoms with Crippen LogP contribution in [0.25, 0.3) is 0 Å². The van der Waals surface area contributed by atoms with Crippen LogP contribution in [0.1, 0.15) is 18.5 Å². The van der Waals surface area contributed by atoms with Gasteiger partial charge >= 0.3 is 0 Å². The maximum absolute atomic E-state index is 3.51. The number of nitrogens with zero attached hydrogens (tertiary/aromatic N) is 1. The standard InChI is InChI=1S/C11H17N2/c1-10-5-2-3-8-13(10)9-11-6-4-7-12-11/h2-3,5,8,11-12H,4,6-7,9H2,1H3/q+1/t11-/m0/s1. The highest BCUT2D eigenvalue weighted by Crippen LogP contribution is 2.04. The summed E-state index contributed by atoms with van der Waals surface area (Å²) < 4.78 is 2.32. The van der Waals surface area contributed by atoms with E-state index in [2.05, 4.69) is 41.2 Å². The van der Waals surface area contributed by atoms with Crippen LogP contribution in [0.3, 0.4) is 0 Å². The predicted octanol–water partition coefficient (Wildman–Crippen LogP) is 1.03. The van der Waals surface area contributed by atoms with Crippen molar-refractivity contribution >= 4 is 0 Å². The minimum absolute atomic E-state index is 0.686. The van der Waals surface area contributed by atoms with Crippen LogP contribution >= 0.6 is 0 Å². The van der Waals surface area contributed by atoms with Crippen molar-refractivity contribution in [2.24, 2.45) is 0 Å². The van der Waals surface area contributed by atoms with Crippen LogP contribution in [0.2, 0.25) is 0 Å². The Hall–Kier alpha value is -0.890. The van der Waals surface area contributed by atoms with Gasteiger partial charge in [0.1, 0.15) is 0 Å². The van der Waals surface area contributed by atoms with Crippen molar-refractivity contribution < 1.29 is 4.57 Å². The molecule has 0 spiro atoms. The molecule has 1 saturated heterocycles. The molecule has 0 bridgehead atoms. The number of hydrogen-bond acceptors (Lipinski definition) is 1. The fourth-order valence-corrected chi connectivity index (χ4v) is 1.92. The second-order valence-electron chi connectivity index (χ2n) is 3.79. The molecule has 1 N–H and O–H groups in total. The lowest BCUT2D eigenvalue weighted by Gasteiger charge is -2.06. The Bertz CT molecular complexity index is 277. The normalized spacial score (nSPS) is 22.1. The van der Waals surface area contributed by atoms with E-state index >= 15 is 0 Å². The first-order chi connectivity index (χ1) is 6.36. The van der Waals surface area contributed by atoms with Crippen molar-refractivity contribution in [3.63, 3.8) is 0 Å². The summed E-state index contributed by atoms with van der Waals surface area (Å²) in [5.74, 6) is 0. The Morgan fingerprint density at radius 3 is 3.15 bits per heavy atom. The Morgan fingerprint density at radius 2 is 2.46 bits per heavy atom. The number of pyridine rings is 1. The average Bonchev–Trinajstić information content (AvgIpc) is 2.61. The molecular weight excluding hydrogens is 160 g/mol. The van der Waals surface area contributed by atoms with E-state index in [1.54, 1.807) is 0 Å². The van der Waals surface area contributed by atoms with Gasteiger partial charge in [-0.3, -0.25) is 0 Å². The lowest BCUT2D eigenvalue weighted by molar-refractivity contribution is -0.705. The lowest BCUT2D eigenvalue weighted by Crippen LogP contribution is -2.45. The Labute approximate surface area is 79.6 Å². The molecule has 1 aromatic rings. The van der Waals surface area contributed by atoms with E-state index in [1.165, 1.54) is 25.1 Å². The van der Waals surface area contributed by atoms with Gasteiger partial charge < -0.3 is 5.32 Å². The molecule has 1 aromatic heterocycles. The van der Waals surface area contributed by atoms with E-state index in [-0.39, 0.29) is 0 Å². The molecule has 0 unspecified atom stereocenters. The number of aromatic nitrogens is 1. The molecule has 0 aliphatic carbocycles. The molecule has 2 nitrogen and oxygen atoms in total. The minimum atomic E-state index is 0.686. The number of aryl methyl sites for hydroxylation is 1. The maximum Gasteiger partial charge on any atom is 0.178 e. The molecule has 13 heavy (non-hydrogen) atoms. The Morgan fingerprint density at radius 1 is 1.54 bits per heavy atom. The zero-order valence-electron chi connectivity index (χ0n) is 8.16. The summed E-state index contributed by atoms with van der Waals surface area (Å²) in [6.45, 7) is 4.47. The monoisotopic (exact) mass is 177 g/mol. The van der Waals surface area contributed by atoms with E-state index in [0.29, 0.717) is 6.04 Å². The van der Waals surface area contributed by atoms with Crippen LogP contribution in [0, 0.1) is 6.92 Å². The van der Waals surface area contributed by atoms with Crippen LogP contribution in [0.5, 0.6) is 0 Å². The van der Waals surface area contributed by atoms with Crippen LogP contribution in [-0.4, -0.2) is 12.6 Å². The quantitative estimate of drug-likeness (QED) is 0.667. The lowest BCUT2D eigenvalue weighted by atomic mass is 10.2. The van der Waals surface area contributed by atoms with Gasteiger partial charge in [-0.1, -0.05) is 6.07 Å². The SMILES string of the molecule is Cc1cccc[n+]1C[C@@H]1CCCN1. The van der Waals surface area contributed by atoms with Crippen LogP contribution in [0.4, 0.5) is 0 Å².